The first kappa shape index (κ1) is 26.2. The Morgan fingerprint density at radius 3 is 2.32 bits per heavy atom. The Morgan fingerprint density at radius 1 is 1.03 bits per heavy atom. The Labute approximate surface area is 208 Å². The molecule has 0 aliphatic carbocycles. The summed E-state index contributed by atoms with van der Waals surface area (Å²) in [5.41, 5.74) is 1.91. The van der Waals surface area contributed by atoms with Gasteiger partial charge < -0.3 is 19.7 Å². The third kappa shape index (κ3) is 6.82. The van der Waals surface area contributed by atoms with Crippen molar-refractivity contribution < 1.29 is 24.1 Å². The summed E-state index contributed by atoms with van der Waals surface area (Å²) in [5, 5.41) is 27.6. The summed E-state index contributed by atoms with van der Waals surface area (Å²) in [5.74, 6) is 1.19. The maximum Gasteiger partial charge on any atom is 0.138 e. The van der Waals surface area contributed by atoms with Crippen molar-refractivity contribution in [3.8, 4) is 11.5 Å². The summed E-state index contributed by atoms with van der Waals surface area (Å²) in [4.78, 5) is 0. The van der Waals surface area contributed by atoms with Gasteiger partial charge in [0.05, 0.1) is 23.6 Å². The molecule has 0 bridgehead atoms. The second-order valence-electron chi connectivity index (χ2n) is 8.44. The highest BCUT2D eigenvalue weighted by atomic mass is 35.5. The number of nitrogens with zero attached hydrogens (tertiary/aromatic N) is 3. The lowest BCUT2D eigenvalue weighted by Crippen LogP contribution is -2.24. The minimum Gasteiger partial charge on any atom is -0.491 e. The maximum atomic E-state index is 12.6. The van der Waals surface area contributed by atoms with Gasteiger partial charge in [-0.3, -0.25) is 0 Å². The summed E-state index contributed by atoms with van der Waals surface area (Å²) in [6.45, 7) is 3.75. The third-order valence-electron chi connectivity index (χ3n) is 5.40. The fourth-order valence-electron chi connectivity index (χ4n) is 3.32. The predicted octanol–water partition coefficient (Wildman–Crippen LogP) is 4.15. The van der Waals surface area contributed by atoms with Gasteiger partial charge in [-0.05, 0) is 35.4 Å². The standard InChI is InChI=1S/C24H28Cl2FN3O4/c1-24(2,17-5-8-23(22(26)9-17)34-14-19(31)10-25)16-3-6-21(7-4-16)33-15-20(32)13-30-12-18(11-27)28-29-30/h3-9,12,19-20,31-32H,10-11,13-15H2,1-2H3/t19-,20+/m0/s1/i27-1. The fourth-order valence-corrected chi connectivity index (χ4v) is 3.65. The van der Waals surface area contributed by atoms with Gasteiger partial charge >= 0.3 is 0 Å². The van der Waals surface area contributed by atoms with Gasteiger partial charge in [-0.2, -0.15) is 0 Å². The zero-order valence-corrected chi connectivity index (χ0v) is 20.5. The normalized spacial score (nSPS) is 13.5. The molecule has 34 heavy (non-hydrogen) atoms. The average molecular weight is 511 g/mol. The molecule has 0 aliphatic rings. The van der Waals surface area contributed by atoms with E-state index in [4.69, 9.17) is 32.7 Å². The molecule has 0 spiro atoms. The first-order valence-corrected chi connectivity index (χ1v) is 11.7. The largest absolute Gasteiger partial charge is 0.491 e. The first-order chi connectivity index (χ1) is 16.2. The van der Waals surface area contributed by atoms with Gasteiger partial charge in [0, 0.05) is 5.41 Å². The van der Waals surface area contributed by atoms with Crippen LogP contribution in [0.15, 0.2) is 48.7 Å². The number of aliphatic hydroxyl groups excluding tert-OH is 2. The Morgan fingerprint density at radius 2 is 1.71 bits per heavy atom. The number of halogens is 3. The number of rotatable bonds is 12. The van der Waals surface area contributed by atoms with Gasteiger partial charge in [0.1, 0.15) is 49.3 Å². The number of aromatic nitrogens is 3. The molecule has 2 aromatic carbocycles. The molecular weight excluding hydrogens is 483 g/mol. The highest BCUT2D eigenvalue weighted by Crippen LogP contribution is 2.36. The van der Waals surface area contributed by atoms with Crippen LogP contribution in [0.5, 0.6) is 11.5 Å². The van der Waals surface area contributed by atoms with Gasteiger partial charge in [0.2, 0.25) is 0 Å². The minimum atomic E-state index is -0.821. The van der Waals surface area contributed by atoms with Crippen LogP contribution in [0.4, 0.5) is 4.39 Å². The lowest BCUT2D eigenvalue weighted by Gasteiger charge is -2.27. The highest BCUT2D eigenvalue weighted by Gasteiger charge is 2.24. The Kier molecular flexibility index (Phi) is 9.13. The monoisotopic (exact) mass is 510 g/mol. The van der Waals surface area contributed by atoms with E-state index in [1.54, 1.807) is 6.07 Å². The molecule has 0 fully saturated rings. The maximum absolute atomic E-state index is 12.6. The summed E-state index contributed by atoms with van der Waals surface area (Å²) in [6, 6.07) is 13.2. The molecule has 0 amide bonds. The molecular formula is C24H28Cl2FN3O4. The molecule has 0 aliphatic heterocycles. The van der Waals surface area contributed by atoms with Gasteiger partial charge in [-0.15, -0.1) is 16.7 Å². The summed E-state index contributed by atoms with van der Waals surface area (Å²) in [6.07, 6.45) is -0.125. The van der Waals surface area contributed by atoms with E-state index in [0.29, 0.717) is 16.5 Å². The quantitative estimate of drug-likeness (QED) is 0.356. The van der Waals surface area contributed by atoms with Crippen molar-refractivity contribution in [2.24, 2.45) is 0 Å². The average Bonchev–Trinajstić information content (AvgIpc) is 3.29. The number of benzene rings is 2. The van der Waals surface area contributed by atoms with E-state index in [2.05, 4.69) is 24.2 Å². The predicted molar refractivity (Wildman–Crippen MR) is 129 cm³/mol. The topological polar surface area (TPSA) is 89.6 Å². The smallest absolute Gasteiger partial charge is 0.138 e. The highest BCUT2D eigenvalue weighted by molar-refractivity contribution is 6.32. The van der Waals surface area contributed by atoms with Crippen LogP contribution < -0.4 is 9.47 Å². The van der Waals surface area contributed by atoms with Crippen LogP contribution in [0.2, 0.25) is 5.02 Å². The summed E-state index contributed by atoms with van der Waals surface area (Å²) in [7, 11) is 0. The zero-order valence-electron chi connectivity index (χ0n) is 19.0. The minimum absolute atomic E-state index is 0.0586. The van der Waals surface area contributed by atoms with Crippen LogP contribution in [0, 0.1) is 0 Å². The SMILES string of the molecule is CC(C)(c1ccc(OC[C@H](O)Cn2cc(C[18F])nn2)cc1)c1ccc(OC[C@@H](O)CCl)c(Cl)c1. The van der Waals surface area contributed by atoms with Crippen molar-refractivity contribution in [3.05, 3.63) is 70.5 Å². The molecule has 3 rings (SSSR count). The van der Waals surface area contributed by atoms with E-state index >= 15 is 0 Å². The Hall–Kier alpha value is -2.39. The van der Waals surface area contributed by atoms with Gasteiger partial charge in [0.15, 0.2) is 0 Å². The second kappa shape index (κ2) is 11.8. The van der Waals surface area contributed by atoms with Crippen LogP contribution in [-0.4, -0.2) is 56.5 Å². The zero-order chi connectivity index (χ0) is 24.7. The molecule has 0 saturated heterocycles. The van der Waals surface area contributed by atoms with Crippen molar-refractivity contribution >= 4 is 23.2 Å². The van der Waals surface area contributed by atoms with Gasteiger partial charge in [-0.1, -0.05) is 48.9 Å². The lowest BCUT2D eigenvalue weighted by atomic mass is 9.78. The van der Waals surface area contributed by atoms with E-state index in [1.807, 2.05) is 36.4 Å². The summed E-state index contributed by atoms with van der Waals surface area (Å²) < 4.78 is 25.2. The van der Waals surface area contributed by atoms with Crippen LogP contribution in [0.25, 0.3) is 0 Å². The first-order valence-electron chi connectivity index (χ1n) is 10.8. The molecule has 7 nitrogen and oxygen atoms in total. The number of aliphatic hydroxyl groups is 2. The second-order valence-corrected chi connectivity index (χ2v) is 9.16. The number of hydrogen-bond donors (Lipinski definition) is 2. The molecule has 10 heteroatoms. The van der Waals surface area contributed by atoms with E-state index in [-0.39, 0.29) is 36.7 Å². The van der Waals surface area contributed by atoms with Crippen molar-refractivity contribution in [2.45, 2.75) is 44.7 Å². The molecule has 2 N–H and O–H groups in total. The van der Waals surface area contributed by atoms with Crippen molar-refractivity contribution in [3.63, 3.8) is 0 Å². The van der Waals surface area contributed by atoms with E-state index in [9.17, 15) is 14.6 Å². The van der Waals surface area contributed by atoms with Crippen molar-refractivity contribution in [1.29, 1.82) is 0 Å². The van der Waals surface area contributed by atoms with Crippen LogP contribution >= 0.6 is 23.2 Å². The molecule has 1 heterocycles. The van der Waals surface area contributed by atoms with Crippen LogP contribution in [0.1, 0.15) is 30.7 Å². The summed E-state index contributed by atoms with van der Waals surface area (Å²) >= 11 is 12.0. The number of alkyl halides is 2. The molecule has 0 radical (unpaired) electrons. The molecule has 0 unspecified atom stereocenters. The molecule has 1 aromatic heterocycles. The van der Waals surface area contributed by atoms with E-state index < -0.39 is 18.9 Å². The Bertz CT molecular complexity index is 1060. The van der Waals surface area contributed by atoms with Crippen LogP contribution in [0.3, 0.4) is 0 Å². The number of ether oxygens (including phenoxy) is 2. The fraction of sp³-hybridized carbons (Fsp3) is 0.417. The third-order valence-corrected chi connectivity index (χ3v) is 6.05. The van der Waals surface area contributed by atoms with Crippen molar-refractivity contribution in [2.75, 3.05) is 19.1 Å². The number of hydrogen-bond acceptors (Lipinski definition) is 6. The van der Waals surface area contributed by atoms with E-state index in [0.717, 1.165) is 11.1 Å². The molecule has 184 valence electrons. The lowest BCUT2D eigenvalue weighted by molar-refractivity contribution is 0.0888. The molecule has 0 saturated carbocycles. The van der Waals surface area contributed by atoms with Gasteiger partial charge in [0.25, 0.3) is 0 Å². The van der Waals surface area contributed by atoms with Gasteiger partial charge in [-0.25, -0.2) is 9.07 Å². The Balaban J connectivity index is 1.59. The molecule has 3 aromatic rings. The van der Waals surface area contributed by atoms with E-state index in [1.165, 1.54) is 10.9 Å². The van der Waals surface area contributed by atoms with Crippen molar-refractivity contribution in [1.82, 2.24) is 15.0 Å². The van der Waals surface area contributed by atoms with Crippen LogP contribution in [-0.2, 0) is 18.6 Å². The molecule has 2 atom stereocenters.